The molecule has 100 valence electrons. The number of thioether (sulfide) groups is 1. The Morgan fingerprint density at radius 3 is 2.68 bits per heavy atom. The highest BCUT2D eigenvalue weighted by atomic mass is 79.9. The number of nitrogens with one attached hydrogen (secondary N) is 1. The van der Waals surface area contributed by atoms with E-state index in [0.717, 1.165) is 0 Å². The van der Waals surface area contributed by atoms with Crippen molar-refractivity contribution in [3.05, 3.63) is 35.9 Å². The molecule has 2 unspecified atom stereocenters. The number of carbonyl (C=O) groups excluding carboxylic acids is 2. The zero-order chi connectivity index (χ0) is 13.8. The van der Waals surface area contributed by atoms with Crippen LogP contribution in [0.3, 0.4) is 0 Å². The van der Waals surface area contributed by atoms with Crippen molar-refractivity contribution in [3.63, 3.8) is 0 Å². The molecule has 0 aromatic heterocycles. The summed E-state index contributed by atoms with van der Waals surface area (Å²) in [5.74, 6) is -0.115. The lowest BCUT2D eigenvalue weighted by Gasteiger charge is -2.09. The van der Waals surface area contributed by atoms with Gasteiger partial charge in [-0.2, -0.15) is 0 Å². The molecule has 6 heteroatoms. The van der Waals surface area contributed by atoms with E-state index in [1.165, 1.54) is 11.8 Å². The highest BCUT2D eigenvalue weighted by molar-refractivity contribution is 9.09. The summed E-state index contributed by atoms with van der Waals surface area (Å²) in [5.41, 5.74) is 0.578. The molecule has 0 saturated carbocycles. The van der Waals surface area contributed by atoms with E-state index in [1.807, 2.05) is 13.0 Å². The predicted octanol–water partition coefficient (Wildman–Crippen LogP) is 2.24. The third-order valence-corrected chi connectivity index (χ3v) is 4.60. The summed E-state index contributed by atoms with van der Waals surface area (Å²) in [6.07, 6.45) is 0. The van der Waals surface area contributed by atoms with Crippen molar-refractivity contribution >= 4 is 44.5 Å². The molecule has 1 aromatic rings. The summed E-state index contributed by atoms with van der Waals surface area (Å²) >= 11 is 4.47. The Kier molecular flexibility index (Phi) is 4.76. The molecule has 2 atom stereocenters. The number of amides is 1. The molecule has 4 nitrogen and oxygen atoms in total. The van der Waals surface area contributed by atoms with E-state index in [4.69, 9.17) is 0 Å². The minimum atomic E-state index is -0.217. The second-order valence-electron chi connectivity index (χ2n) is 4.13. The van der Waals surface area contributed by atoms with Crippen molar-refractivity contribution in [1.29, 1.82) is 0 Å². The quantitative estimate of drug-likeness (QED) is 0.858. The van der Waals surface area contributed by atoms with Crippen molar-refractivity contribution in [2.24, 2.45) is 4.99 Å². The fraction of sp³-hybridized carbons (Fsp3) is 0.308. The second kappa shape index (κ2) is 6.34. The second-order valence-corrected chi connectivity index (χ2v) is 5.82. The van der Waals surface area contributed by atoms with Gasteiger partial charge in [-0.25, -0.2) is 0 Å². The molecule has 1 N–H and O–H groups in total. The fourth-order valence-corrected chi connectivity index (χ4v) is 3.39. The Morgan fingerprint density at radius 2 is 2.05 bits per heavy atom. The average Bonchev–Trinajstić information content (AvgIpc) is 2.79. The molecule has 1 aliphatic heterocycles. The lowest BCUT2D eigenvalue weighted by molar-refractivity contribution is -0.116. The number of nitrogens with zero attached hydrogens (tertiary/aromatic N) is 1. The molecule has 0 fully saturated rings. The molecule has 1 aliphatic rings. The van der Waals surface area contributed by atoms with E-state index in [0.29, 0.717) is 16.1 Å². The standard InChI is InChI=1S/C13H13BrN2O2S/c1-8-11(10(17)7-14)19-13(15-8)16-12(18)9-5-3-2-4-6-9/h2-6,8,11H,7H2,1H3,(H,15,16,18). The number of Topliss-reactive ketones (excluding diaryl/α,β-unsaturated/α-hetero) is 1. The first-order valence-electron chi connectivity index (χ1n) is 5.81. The van der Waals surface area contributed by atoms with E-state index in [2.05, 4.69) is 26.2 Å². The highest BCUT2D eigenvalue weighted by Gasteiger charge is 2.32. The fourth-order valence-electron chi connectivity index (χ4n) is 1.73. The van der Waals surface area contributed by atoms with Crippen LogP contribution in [0.2, 0.25) is 0 Å². The third-order valence-electron chi connectivity index (χ3n) is 2.70. The van der Waals surface area contributed by atoms with Gasteiger partial charge in [0.15, 0.2) is 11.0 Å². The number of rotatable bonds is 3. The molecule has 0 radical (unpaired) electrons. The number of halogens is 1. The van der Waals surface area contributed by atoms with Gasteiger partial charge in [-0.05, 0) is 19.1 Å². The Hall–Kier alpha value is -1.14. The Bertz CT molecular complexity index is 519. The van der Waals surface area contributed by atoms with E-state index in [1.54, 1.807) is 24.3 Å². The van der Waals surface area contributed by atoms with Gasteiger partial charge in [-0.15, -0.1) is 0 Å². The van der Waals surface area contributed by atoms with E-state index >= 15 is 0 Å². The van der Waals surface area contributed by atoms with Crippen molar-refractivity contribution in [1.82, 2.24) is 5.32 Å². The summed E-state index contributed by atoms with van der Waals surface area (Å²) < 4.78 is 0. The Morgan fingerprint density at radius 1 is 1.37 bits per heavy atom. The normalized spacial score (nSPS) is 21.9. The Balaban J connectivity index is 2.00. The van der Waals surface area contributed by atoms with Crippen LogP contribution in [0.4, 0.5) is 0 Å². The van der Waals surface area contributed by atoms with Crippen molar-refractivity contribution in [2.45, 2.75) is 18.2 Å². The number of hydrogen-bond acceptors (Lipinski definition) is 4. The molecule has 1 aromatic carbocycles. The maximum Gasteiger partial charge on any atom is 0.257 e. The number of amidine groups is 1. The highest BCUT2D eigenvalue weighted by Crippen LogP contribution is 2.27. The first kappa shape index (κ1) is 14.3. The van der Waals surface area contributed by atoms with Crippen LogP contribution in [0.5, 0.6) is 0 Å². The molecule has 19 heavy (non-hydrogen) atoms. The molecule has 0 saturated heterocycles. The average molecular weight is 341 g/mol. The lowest BCUT2D eigenvalue weighted by Crippen LogP contribution is -2.29. The van der Waals surface area contributed by atoms with Gasteiger partial charge in [0.25, 0.3) is 5.91 Å². The number of aliphatic imine (C=N–C) groups is 1. The molecule has 2 rings (SSSR count). The minimum absolute atomic E-state index is 0.0882. The molecule has 1 heterocycles. The molecule has 0 bridgehead atoms. The monoisotopic (exact) mass is 340 g/mol. The topological polar surface area (TPSA) is 58.5 Å². The maximum absolute atomic E-state index is 12.0. The smallest absolute Gasteiger partial charge is 0.257 e. The van der Waals surface area contributed by atoms with E-state index in [-0.39, 0.29) is 23.0 Å². The van der Waals surface area contributed by atoms with Gasteiger partial charge in [0, 0.05) is 5.56 Å². The maximum atomic E-state index is 12.0. The number of ketones is 1. The molecule has 1 amide bonds. The van der Waals surface area contributed by atoms with Gasteiger partial charge in [0.1, 0.15) is 0 Å². The van der Waals surface area contributed by atoms with Gasteiger partial charge in [-0.1, -0.05) is 45.9 Å². The first-order chi connectivity index (χ1) is 9.11. The van der Waals surface area contributed by atoms with E-state index in [9.17, 15) is 9.59 Å². The van der Waals surface area contributed by atoms with Crippen LogP contribution >= 0.6 is 27.7 Å². The number of benzene rings is 1. The van der Waals surface area contributed by atoms with Gasteiger partial charge in [-0.3, -0.25) is 14.6 Å². The number of carbonyl (C=O) groups is 2. The molecule has 0 spiro atoms. The van der Waals surface area contributed by atoms with Gasteiger partial charge in [0.05, 0.1) is 16.6 Å². The number of hydrogen-bond donors (Lipinski definition) is 1. The van der Waals surface area contributed by atoms with Crippen molar-refractivity contribution < 1.29 is 9.59 Å². The summed E-state index contributed by atoms with van der Waals surface area (Å²) in [4.78, 5) is 27.9. The molecular weight excluding hydrogens is 328 g/mol. The van der Waals surface area contributed by atoms with Crippen molar-refractivity contribution in [3.8, 4) is 0 Å². The predicted molar refractivity (Wildman–Crippen MR) is 81.0 cm³/mol. The SMILES string of the molecule is CC1N=C(NC(=O)c2ccccc2)SC1C(=O)CBr. The van der Waals surface area contributed by atoms with Crippen LogP contribution in [0.15, 0.2) is 35.3 Å². The van der Waals surface area contributed by atoms with Crippen molar-refractivity contribution in [2.75, 3.05) is 5.33 Å². The summed E-state index contributed by atoms with van der Waals surface area (Å²) in [6, 6.07) is 8.82. The third kappa shape index (κ3) is 3.45. The molecule has 0 aliphatic carbocycles. The lowest BCUT2D eigenvalue weighted by atomic mass is 10.2. The van der Waals surface area contributed by atoms with Gasteiger partial charge in [0.2, 0.25) is 0 Å². The van der Waals surface area contributed by atoms with Crippen LogP contribution in [0.25, 0.3) is 0 Å². The van der Waals surface area contributed by atoms with Crippen LogP contribution in [0.1, 0.15) is 17.3 Å². The largest absolute Gasteiger partial charge is 0.301 e. The number of alkyl halides is 1. The van der Waals surface area contributed by atoms with Crippen LogP contribution in [-0.2, 0) is 4.79 Å². The zero-order valence-corrected chi connectivity index (χ0v) is 12.7. The van der Waals surface area contributed by atoms with Crippen LogP contribution in [-0.4, -0.2) is 33.5 Å². The van der Waals surface area contributed by atoms with Gasteiger partial charge >= 0.3 is 0 Å². The van der Waals surface area contributed by atoms with Crippen LogP contribution in [0, 0.1) is 0 Å². The zero-order valence-electron chi connectivity index (χ0n) is 10.3. The summed E-state index contributed by atoms with van der Waals surface area (Å²) in [7, 11) is 0. The Labute approximate surface area is 124 Å². The molecular formula is C13H13BrN2O2S. The minimum Gasteiger partial charge on any atom is -0.301 e. The summed E-state index contributed by atoms with van der Waals surface area (Å²) in [6.45, 7) is 1.87. The summed E-state index contributed by atoms with van der Waals surface area (Å²) in [5, 5.41) is 3.35. The van der Waals surface area contributed by atoms with E-state index < -0.39 is 0 Å². The van der Waals surface area contributed by atoms with Crippen LogP contribution < -0.4 is 5.32 Å². The van der Waals surface area contributed by atoms with Gasteiger partial charge < -0.3 is 5.32 Å². The first-order valence-corrected chi connectivity index (χ1v) is 7.81.